The van der Waals surface area contributed by atoms with Crippen molar-refractivity contribution < 1.29 is 0 Å². The molecule has 1 atom stereocenters. The maximum absolute atomic E-state index is 5.80. The average molecular weight is 251 g/mol. The Morgan fingerprint density at radius 3 is 2.88 bits per heavy atom. The molecule has 5 nitrogen and oxygen atoms in total. The Labute approximate surface area is 105 Å². The fourth-order valence-corrected chi connectivity index (χ4v) is 2.33. The maximum atomic E-state index is 5.80. The Bertz CT molecular complexity index is 518. The first-order valence-corrected chi connectivity index (χ1v) is 6.42. The van der Waals surface area contributed by atoms with E-state index >= 15 is 0 Å². The molecule has 2 aromatic heterocycles. The predicted molar refractivity (Wildman–Crippen MR) is 71.3 cm³/mol. The summed E-state index contributed by atoms with van der Waals surface area (Å²) < 4.78 is 4.31. The number of aromatic nitrogens is 3. The van der Waals surface area contributed by atoms with Gasteiger partial charge in [-0.15, -0.1) is 0 Å². The molecule has 0 aliphatic carbocycles. The first-order chi connectivity index (χ1) is 8.09. The highest BCUT2D eigenvalue weighted by Gasteiger charge is 2.22. The Morgan fingerprint density at radius 2 is 2.24 bits per heavy atom. The van der Waals surface area contributed by atoms with Crippen LogP contribution >= 0.6 is 11.5 Å². The highest BCUT2D eigenvalue weighted by molar-refractivity contribution is 7.13. The van der Waals surface area contributed by atoms with Gasteiger partial charge in [-0.3, -0.25) is 0 Å². The van der Waals surface area contributed by atoms with Gasteiger partial charge in [0.05, 0.1) is 11.1 Å². The van der Waals surface area contributed by atoms with Crippen LogP contribution in [0.25, 0.3) is 10.2 Å². The van der Waals surface area contributed by atoms with Crippen LogP contribution in [0.2, 0.25) is 0 Å². The predicted octanol–water partition coefficient (Wildman–Crippen LogP) is 1.93. The molecule has 3 N–H and O–H groups in total. The van der Waals surface area contributed by atoms with Gasteiger partial charge in [-0.25, -0.2) is 9.97 Å². The van der Waals surface area contributed by atoms with Crippen LogP contribution in [0.3, 0.4) is 0 Å². The lowest BCUT2D eigenvalue weighted by atomic mass is 9.99. The van der Waals surface area contributed by atoms with E-state index in [1.807, 2.05) is 6.92 Å². The zero-order valence-electron chi connectivity index (χ0n) is 10.3. The van der Waals surface area contributed by atoms with Crippen LogP contribution in [0.4, 0.5) is 5.82 Å². The molecule has 0 fully saturated rings. The van der Waals surface area contributed by atoms with Crippen LogP contribution in [0.5, 0.6) is 0 Å². The molecular weight excluding hydrogens is 234 g/mol. The van der Waals surface area contributed by atoms with Crippen molar-refractivity contribution in [3.05, 3.63) is 12.0 Å². The van der Waals surface area contributed by atoms with E-state index in [0.717, 1.165) is 28.1 Å². The van der Waals surface area contributed by atoms with Crippen molar-refractivity contribution in [1.29, 1.82) is 0 Å². The first kappa shape index (κ1) is 12.2. The Kier molecular flexibility index (Phi) is 3.26. The van der Waals surface area contributed by atoms with Crippen LogP contribution in [0.1, 0.15) is 26.0 Å². The lowest BCUT2D eigenvalue weighted by Crippen LogP contribution is -2.42. The van der Waals surface area contributed by atoms with E-state index < -0.39 is 0 Å². The number of nitrogens with one attached hydrogen (secondary N) is 1. The van der Waals surface area contributed by atoms with Crippen LogP contribution < -0.4 is 11.1 Å². The molecule has 0 saturated heterocycles. The normalized spacial score (nSPS) is 14.8. The monoisotopic (exact) mass is 251 g/mol. The summed E-state index contributed by atoms with van der Waals surface area (Å²) in [5, 5.41) is 4.42. The summed E-state index contributed by atoms with van der Waals surface area (Å²) in [6.45, 7) is 6.73. The van der Waals surface area contributed by atoms with E-state index in [9.17, 15) is 0 Å². The molecule has 0 aliphatic rings. The second-order valence-corrected chi connectivity index (χ2v) is 5.17. The van der Waals surface area contributed by atoms with Crippen molar-refractivity contribution in [2.45, 2.75) is 32.7 Å². The Morgan fingerprint density at radius 1 is 1.47 bits per heavy atom. The number of nitrogens with two attached hydrogens (primary N) is 1. The minimum absolute atomic E-state index is 0.143. The summed E-state index contributed by atoms with van der Waals surface area (Å²) in [7, 11) is 0. The number of nitrogens with zero attached hydrogens (tertiary/aromatic N) is 3. The second-order valence-electron chi connectivity index (χ2n) is 4.41. The van der Waals surface area contributed by atoms with Gasteiger partial charge in [-0.05, 0) is 31.8 Å². The van der Waals surface area contributed by atoms with E-state index in [1.54, 1.807) is 6.33 Å². The molecule has 1 unspecified atom stereocenters. The van der Waals surface area contributed by atoms with Gasteiger partial charge in [-0.1, -0.05) is 6.92 Å². The molecule has 92 valence electrons. The largest absolute Gasteiger partial charge is 0.363 e. The Hall–Kier alpha value is -1.27. The summed E-state index contributed by atoms with van der Waals surface area (Å²) >= 11 is 1.40. The molecule has 0 spiro atoms. The molecule has 0 radical (unpaired) electrons. The first-order valence-electron chi connectivity index (χ1n) is 5.65. The van der Waals surface area contributed by atoms with E-state index in [2.05, 4.69) is 33.5 Å². The van der Waals surface area contributed by atoms with Gasteiger partial charge in [0.1, 0.15) is 17.0 Å². The molecule has 0 bridgehead atoms. The van der Waals surface area contributed by atoms with Crippen molar-refractivity contribution in [1.82, 2.24) is 14.3 Å². The molecule has 0 amide bonds. The smallest absolute Gasteiger partial charge is 0.149 e. The van der Waals surface area contributed by atoms with Gasteiger partial charge in [-0.2, -0.15) is 4.37 Å². The van der Waals surface area contributed by atoms with Crippen molar-refractivity contribution in [2.24, 2.45) is 5.73 Å². The molecule has 0 saturated carbocycles. The summed E-state index contributed by atoms with van der Waals surface area (Å²) in [6, 6.07) is 0. The van der Waals surface area contributed by atoms with Crippen LogP contribution in [-0.4, -0.2) is 26.4 Å². The standard InChI is InChI=1S/C11H17N5S/c1-4-11(3,5-12)15-9-8-7(2)16-17-10(8)14-6-13-9/h6H,4-5,12H2,1-3H3,(H,13,14,15). The molecule has 0 aromatic carbocycles. The number of rotatable bonds is 4. The summed E-state index contributed by atoms with van der Waals surface area (Å²) in [4.78, 5) is 9.44. The SMILES string of the molecule is CCC(C)(CN)Nc1ncnc2snc(C)c12. The minimum Gasteiger partial charge on any atom is -0.363 e. The van der Waals surface area contributed by atoms with Crippen molar-refractivity contribution in [2.75, 3.05) is 11.9 Å². The van der Waals surface area contributed by atoms with Crippen molar-refractivity contribution >= 4 is 27.6 Å². The quantitative estimate of drug-likeness (QED) is 0.868. The number of anilines is 1. The Balaban J connectivity index is 2.45. The summed E-state index contributed by atoms with van der Waals surface area (Å²) in [5.74, 6) is 0.830. The molecule has 6 heteroatoms. The lowest BCUT2D eigenvalue weighted by molar-refractivity contribution is 0.505. The fraction of sp³-hybridized carbons (Fsp3) is 0.545. The third kappa shape index (κ3) is 2.23. The van der Waals surface area contributed by atoms with Crippen LogP contribution in [0.15, 0.2) is 6.33 Å². The average Bonchev–Trinajstić information content (AvgIpc) is 2.72. The number of hydrogen-bond donors (Lipinski definition) is 2. The van der Waals surface area contributed by atoms with E-state index in [4.69, 9.17) is 5.73 Å². The highest BCUT2D eigenvalue weighted by Crippen LogP contribution is 2.28. The van der Waals surface area contributed by atoms with E-state index in [-0.39, 0.29) is 5.54 Å². The number of aryl methyl sites for hydroxylation is 1. The van der Waals surface area contributed by atoms with Crippen molar-refractivity contribution in [3.8, 4) is 0 Å². The third-order valence-electron chi connectivity index (χ3n) is 3.09. The fourth-order valence-electron chi connectivity index (χ4n) is 1.59. The van der Waals surface area contributed by atoms with Crippen LogP contribution in [0, 0.1) is 6.92 Å². The molecule has 17 heavy (non-hydrogen) atoms. The molecule has 2 rings (SSSR count). The summed E-state index contributed by atoms with van der Waals surface area (Å²) in [5.41, 5.74) is 6.62. The molecule has 0 aliphatic heterocycles. The highest BCUT2D eigenvalue weighted by atomic mass is 32.1. The number of hydrogen-bond acceptors (Lipinski definition) is 6. The van der Waals surface area contributed by atoms with Gasteiger partial charge in [0, 0.05) is 12.1 Å². The maximum Gasteiger partial charge on any atom is 0.149 e. The third-order valence-corrected chi connectivity index (χ3v) is 3.94. The van der Waals surface area contributed by atoms with Gasteiger partial charge in [0.25, 0.3) is 0 Å². The summed E-state index contributed by atoms with van der Waals surface area (Å²) in [6.07, 6.45) is 2.50. The topological polar surface area (TPSA) is 76.7 Å². The lowest BCUT2D eigenvalue weighted by Gasteiger charge is -2.28. The minimum atomic E-state index is -0.143. The van der Waals surface area contributed by atoms with Gasteiger partial charge < -0.3 is 11.1 Å². The van der Waals surface area contributed by atoms with Gasteiger partial charge in [0.2, 0.25) is 0 Å². The molecule has 2 aromatic rings. The van der Waals surface area contributed by atoms with E-state index in [0.29, 0.717) is 6.54 Å². The molecule has 2 heterocycles. The zero-order chi connectivity index (χ0) is 12.5. The zero-order valence-corrected chi connectivity index (χ0v) is 11.1. The van der Waals surface area contributed by atoms with Crippen molar-refractivity contribution in [3.63, 3.8) is 0 Å². The van der Waals surface area contributed by atoms with Gasteiger partial charge >= 0.3 is 0 Å². The van der Waals surface area contributed by atoms with E-state index in [1.165, 1.54) is 11.5 Å². The molecular formula is C11H17N5S. The van der Waals surface area contributed by atoms with Gasteiger partial charge in [0.15, 0.2) is 0 Å². The van der Waals surface area contributed by atoms with Crippen LogP contribution in [-0.2, 0) is 0 Å². The number of fused-ring (bicyclic) bond motifs is 1. The second kappa shape index (κ2) is 4.54.